The Kier molecular flexibility index (Phi) is 3.94. The molecule has 19 heavy (non-hydrogen) atoms. The van der Waals surface area contributed by atoms with Crippen molar-refractivity contribution in [2.75, 3.05) is 11.9 Å². The van der Waals surface area contributed by atoms with Crippen LogP contribution < -0.4 is 10.6 Å². The molecule has 1 atom stereocenters. The number of amides is 1. The minimum atomic E-state index is -0.468. The molecule has 1 aromatic heterocycles. The van der Waals surface area contributed by atoms with Crippen LogP contribution in [0.4, 0.5) is 11.5 Å². The Hall–Kier alpha value is -2.18. The second-order valence-electron chi connectivity index (χ2n) is 4.54. The van der Waals surface area contributed by atoms with E-state index >= 15 is 0 Å². The number of aryl methyl sites for hydroxylation is 1. The molecule has 7 nitrogen and oxygen atoms in total. The summed E-state index contributed by atoms with van der Waals surface area (Å²) in [4.78, 5) is 26.1. The minimum Gasteiger partial charge on any atom is -0.358 e. The van der Waals surface area contributed by atoms with E-state index in [1.165, 1.54) is 12.1 Å². The summed E-state index contributed by atoms with van der Waals surface area (Å²) in [6.07, 6.45) is 2.67. The van der Waals surface area contributed by atoms with E-state index in [0.717, 1.165) is 19.3 Å². The van der Waals surface area contributed by atoms with Gasteiger partial charge in [-0.05, 0) is 32.3 Å². The lowest BCUT2D eigenvalue weighted by molar-refractivity contribution is -0.385. The van der Waals surface area contributed by atoms with Crippen molar-refractivity contribution in [3.8, 4) is 0 Å². The van der Waals surface area contributed by atoms with Gasteiger partial charge in [-0.3, -0.25) is 14.9 Å². The van der Waals surface area contributed by atoms with Crippen molar-refractivity contribution < 1.29 is 9.72 Å². The summed E-state index contributed by atoms with van der Waals surface area (Å²) in [6.45, 7) is 2.28. The van der Waals surface area contributed by atoms with E-state index in [1.54, 1.807) is 6.92 Å². The summed E-state index contributed by atoms with van der Waals surface area (Å²) < 4.78 is 0. The predicted octanol–water partition coefficient (Wildman–Crippen LogP) is 1.38. The fourth-order valence-electron chi connectivity index (χ4n) is 2.08. The van der Waals surface area contributed by atoms with E-state index in [9.17, 15) is 14.9 Å². The Labute approximate surface area is 110 Å². The number of pyridine rings is 1. The number of nitrogens with one attached hydrogen (secondary N) is 2. The van der Waals surface area contributed by atoms with Crippen LogP contribution in [0, 0.1) is 17.0 Å². The van der Waals surface area contributed by atoms with Gasteiger partial charge in [0, 0.05) is 12.6 Å². The molecule has 2 N–H and O–H groups in total. The highest BCUT2D eigenvalue weighted by Crippen LogP contribution is 2.19. The second kappa shape index (κ2) is 5.64. The van der Waals surface area contributed by atoms with Crippen LogP contribution in [0.5, 0.6) is 0 Å². The summed E-state index contributed by atoms with van der Waals surface area (Å²) in [7, 11) is 0. The fourth-order valence-corrected chi connectivity index (χ4v) is 2.08. The zero-order valence-corrected chi connectivity index (χ0v) is 10.7. The molecule has 102 valence electrons. The first-order chi connectivity index (χ1) is 9.08. The summed E-state index contributed by atoms with van der Waals surface area (Å²) >= 11 is 0. The highest BCUT2D eigenvalue weighted by molar-refractivity contribution is 5.84. The van der Waals surface area contributed by atoms with Crippen molar-refractivity contribution in [2.24, 2.45) is 0 Å². The van der Waals surface area contributed by atoms with Gasteiger partial charge in [0.05, 0.1) is 4.92 Å². The number of rotatable bonds is 3. The molecule has 0 radical (unpaired) electrons. The molecule has 2 rings (SSSR count). The molecule has 1 aliphatic rings. The van der Waals surface area contributed by atoms with Crippen molar-refractivity contribution in [2.45, 2.75) is 32.2 Å². The van der Waals surface area contributed by atoms with Crippen molar-refractivity contribution in [1.82, 2.24) is 10.3 Å². The van der Waals surface area contributed by atoms with Crippen LogP contribution in [0.15, 0.2) is 12.1 Å². The van der Waals surface area contributed by atoms with Gasteiger partial charge < -0.3 is 10.6 Å². The van der Waals surface area contributed by atoms with E-state index in [4.69, 9.17) is 0 Å². The number of aromatic nitrogens is 1. The Morgan fingerprint density at radius 1 is 1.47 bits per heavy atom. The smallest absolute Gasteiger partial charge is 0.290 e. The lowest BCUT2D eigenvalue weighted by Crippen LogP contribution is -2.38. The van der Waals surface area contributed by atoms with Crippen molar-refractivity contribution >= 4 is 17.4 Å². The number of nitrogens with zero attached hydrogens (tertiary/aromatic N) is 2. The van der Waals surface area contributed by atoms with Crippen LogP contribution in [0.25, 0.3) is 0 Å². The van der Waals surface area contributed by atoms with Gasteiger partial charge in [0.2, 0.25) is 5.91 Å². The van der Waals surface area contributed by atoms with E-state index < -0.39 is 4.92 Å². The molecule has 1 aliphatic heterocycles. The number of hydrogen-bond acceptors (Lipinski definition) is 5. The van der Waals surface area contributed by atoms with Crippen LogP contribution in [-0.4, -0.2) is 28.4 Å². The second-order valence-corrected chi connectivity index (χ2v) is 4.54. The molecule has 1 aromatic rings. The van der Waals surface area contributed by atoms with E-state index in [0.29, 0.717) is 18.1 Å². The average Bonchev–Trinajstić information content (AvgIpc) is 2.55. The van der Waals surface area contributed by atoms with E-state index in [1.807, 2.05) is 0 Å². The van der Waals surface area contributed by atoms with Crippen LogP contribution >= 0.6 is 0 Å². The van der Waals surface area contributed by atoms with Gasteiger partial charge in [-0.2, -0.15) is 0 Å². The molecule has 0 unspecified atom stereocenters. The summed E-state index contributed by atoms with van der Waals surface area (Å²) in [5.74, 6) is 0.445. The molecule has 0 spiro atoms. The molecule has 0 bridgehead atoms. The van der Waals surface area contributed by atoms with Gasteiger partial charge >= 0.3 is 0 Å². The van der Waals surface area contributed by atoms with E-state index in [2.05, 4.69) is 15.6 Å². The minimum absolute atomic E-state index is 0.0177. The first-order valence-corrected chi connectivity index (χ1v) is 6.24. The van der Waals surface area contributed by atoms with Crippen LogP contribution in [0.3, 0.4) is 0 Å². The number of nitro groups is 1. The highest BCUT2D eigenvalue weighted by Gasteiger charge is 2.21. The maximum absolute atomic E-state index is 11.8. The highest BCUT2D eigenvalue weighted by atomic mass is 16.6. The molecule has 1 saturated heterocycles. The van der Waals surface area contributed by atoms with Gasteiger partial charge in [-0.25, -0.2) is 4.98 Å². The topological polar surface area (TPSA) is 97.2 Å². The third-order valence-electron chi connectivity index (χ3n) is 3.11. The SMILES string of the molecule is Cc1nc(N[C@H]2CCCCNC2=O)ccc1[N+](=O)[O-]. The van der Waals surface area contributed by atoms with Crippen molar-refractivity contribution in [3.05, 3.63) is 27.9 Å². The predicted molar refractivity (Wildman–Crippen MR) is 69.9 cm³/mol. The van der Waals surface area contributed by atoms with Gasteiger partial charge in [0.25, 0.3) is 5.69 Å². The maximum atomic E-state index is 11.8. The Morgan fingerprint density at radius 2 is 2.26 bits per heavy atom. The van der Waals surface area contributed by atoms with Gasteiger partial charge in [-0.15, -0.1) is 0 Å². The molecule has 7 heteroatoms. The Morgan fingerprint density at radius 3 is 2.95 bits per heavy atom. The molecule has 0 aromatic carbocycles. The molecular formula is C12H16N4O3. The molecule has 0 saturated carbocycles. The summed E-state index contributed by atoms with van der Waals surface area (Å²) in [5, 5.41) is 16.6. The number of carbonyl (C=O) groups excluding carboxylic acids is 1. The first-order valence-electron chi connectivity index (χ1n) is 6.24. The quantitative estimate of drug-likeness (QED) is 0.635. The monoisotopic (exact) mass is 264 g/mol. The Bertz CT molecular complexity index is 504. The van der Waals surface area contributed by atoms with Gasteiger partial charge in [-0.1, -0.05) is 0 Å². The maximum Gasteiger partial charge on any atom is 0.290 e. The third kappa shape index (κ3) is 3.18. The standard InChI is InChI=1S/C12H16N4O3/c1-8-10(16(18)19)5-6-11(14-8)15-9-4-2-3-7-13-12(9)17/h5-6,9H,2-4,7H2,1H3,(H,13,17)(H,14,15)/t9-/m0/s1. The molecule has 0 aliphatic carbocycles. The average molecular weight is 264 g/mol. The molecule has 2 heterocycles. The van der Waals surface area contributed by atoms with Gasteiger partial charge in [0.15, 0.2) is 0 Å². The van der Waals surface area contributed by atoms with E-state index in [-0.39, 0.29) is 17.6 Å². The number of carbonyl (C=O) groups is 1. The largest absolute Gasteiger partial charge is 0.358 e. The Balaban J connectivity index is 2.12. The third-order valence-corrected chi connectivity index (χ3v) is 3.11. The van der Waals surface area contributed by atoms with Crippen LogP contribution in [0.1, 0.15) is 25.0 Å². The van der Waals surface area contributed by atoms with Crippen LogP contribution in [-0.2, 0) is 4.79 Å². The lowest BCUT2D eigenvalue weighted by atomic mass is 10.1. The van der Waals surface area contributed by atoms with Crippen molar-refractivity contribution in [3.63, 3.8) is 0 Å². The van der Waals surface area contributed by atoms with Gasteiger partial charge in [0.1, 0.15) is 17.6 Å². The summed E-state index contributed by atoms with van der Waals surface area (Å²) in [6, 6.07) is 2.61. The normalized spacial score (nSPS) is 19.4. The fraction of sp³-hybridized carbons (Fsp3) is 0.500. The molecule has 1 fully saturated rings. The van der Waals surface area contributed by atoms with Crippen molar-refractivity contribution in [1.29, 1.82) is 0 Å². The molecular weight excluding hydrogens is 248 g/mol. The zero-order valence-electron chi connectivity index (χ0n) is 10.7. The number of hydrogen-bond donors (Lipinski definition) is 2. The summed E-state index contributed by atoms with van der Waals surface area (Å²) in [5.41, 5.74) is 0.319. The number of anilines is 1. The van der Waals surface area contributed by atoms with Crippen LogP contribution in [0.2, 0.25) is 0 Å². The lowest BCUT2D eigenvalue weighted by Gasteiger charge is -2.15. The molecule has 1 amide bonds. The zero-order chi connectivity index (χ0) is 13.8. The first kappa shape index (κ1) is 13.3.